The Hall–Kier alpha value is -1.43. The lowest BCUT2D eigenvalue weighted by Gasteiger charge is -2.06. The molecule has 0 aliphatic carbocycles. The fourth-order valence-corrected chi connectivity index (χ4v) is 1.28. The second kappa shape index (κ2) is 6.34. The van der Waals surface area contributed by atoms with Crippen LogP contribution in [0.4, 0.5) is 0 Å². The molecule has 0 aliphatic heterocycles. The molecule has 0 bridgehead atoms. The molecule has 0 aromatic carbocycles. The van der Waals surface area contributed by atoms with Crippen molar-refractivity contribution in [2.45, 2.75) is 39.7 Å². The third kappa shape index (κ3) is 3.52. The summed E-state index contributed by atoms with van der Waals surface area (Å²) in [6, 6.07) is 0. The van der Waals surface area contributed by atoms with E-state index >= 15 is 0 Å². The number of carbonyl (C=O) groups excluding carboxylic acids is 1. The maximum Gasteiger partial charge on any atom is 0.318 e. The van der Waals surface area contributed by atoms with E-state index in [0.717, 1.165) is 0 Å². The average molecular weight is 242 g/mol. The Kier molecular flexibility index (Phi) is 5.09. The van der Waals surface area contributed by atoms with Gasteiger partial charge in [-0.15, -0.1) is 0 Å². The van der Waals surface area contributed by atoms with E-state index in [1.54, 1.807) is 13.8 Å². The van der Waals surface area contributed by atoms with Crippen LogP contribution in [0.25, 0.3) is 0 Å². The van der Waals surface area contributed by atoms with E-state index in [-0.39, 0.29) is 18.0 Å². The standard InChI is InChI=1S/C11H18N2O4/c1-5-15-8(4)9-12-10(17-13-9)7(3)11(14)16-6-2/h7-8H,5-6H2,1-4H3. The van der Waals surface area contributed by atoms with E-state index in [1.807, 2.05) is 13.8 Å². The summed E-state index contributed by atoms with van der Waals surface area (Å²) >= 11 is 0. The zero-order valence-corrected chi connectivity index (χ0v) is 10.6. The van der Waals surface area contributed by atoms with Gasteiger partial charge in [-0.05, 0) is 27.7 Å². The predicted octanol–water partition coefficient (Wildman–Crippen LogP) is 1.83. The Bertz CT molecular complexity index is 364. The van der Waals surface area contributed by atoms with Gasteiger partial charge in [0, 0.05) is 6.61 Å². The normalized spacial score (nSPS) is 14.4. The van der Waals surface area contributed by atoms with Crippen molar-refractivity contribution < 1.29 is 18.8 Å². The third-order valence-corrected chi connectivity index (χ3v) is 2.25. The Balaban J connectivity index is 2.70. The van der Waals surface area contributed by atoms with E-state index < -0.39 is 5.92 Å². The molecule has 17 heavy (non-hydrogen) atoms. The van der Waals surface area contributed by atoms with E-state index in [0.29, 0.717) is 19.0 Å². The van der Waals surface area contributed by atoms with Crippen LogP contribution in [0.15, 0.2) is 4.52 Å². The maximum absolute atomic E-state index is 11.5. The van der Waals surface area contributed by atoms with Gasteiger partial charge in [-0.2, -0.15) is 4.98 Å². The minimum atomic E-state index is -0.551. The Morgan fingerprint density at radius 1 is 1.35 bits per heavy atom. The fraction of sp³-hybridized carbons (Fsp3) is 0.727. The molecule has 2 unspecified atom stereocenters. The zero-order valence-electron chi connectivity index (χ0n) is 10.6. The Morgan fingerprint density at radius 2 is 2.06 bits per heavy atom. The number of carbonyl (C=O) groups is 1. The summed E-state index contributed by atoms with van der Waals surface area (Å²) in [4.78, 5) is 15.6. The summed E-state index contributed by atoms with van der Waals surface area (Å²) in [5, 5.41) is 3.78. The van der Waals surface area contributed by atoms with Crippen LogP contribution in [0.2, 0.25) is 0 Å². The van der Waals surface area contributed by atoms with Crippen molar-refractivity contribution in [3.05, 3.63) is 11.7 Å². The largest absolute Gasteiger partial charge is 0.465 e. The highest BCUT2D eigenvalue weighted by atomic mass is 16.5. The number of aromatic nitrogens is 2. The van der Waals surface area contributed by atoms with Crippen LogP contribution >= 0.6 is 0 Å². The highest BCUT2D eigenvalue weighted by molar-refractivity contribution is 5.76. The summed E-state index contributed by atoms with van der Waals surface area (Å²) in [6.45, 7) is 8.03. The molecule has 0 N–H and O–H groups in total. The first kappa shape index (κ1) is 13.6. The topological polar surface area (TPSA) is 74.5 Å². The van der Waals surface area contributed by atoms with E-state index in [2.05, 4.69) is 10.1 Å². The van der Waals surface area contributed by atoms with Gasteiger partial charge in [0.15, 0.2) is 5.82 Å². The van der Waals surface area contributed by atoms with Crippen LogP contribution in [0.3, 0.4) is 0 Å². The molecule has 1 aromatic rings. The minimum Gasteiger partial charge on any atom is -0.465 e. The van der Waals surface area contributed by atoms with Crippen LogP contribution in [0, 0.1) is 0 Å². The van der Waals surface area contributed by atoms with Gasteiger partial charge in [-0.25, -0.2) is 0 Å². The molecule has 96 valence electrons. The summed E-state index contributed by atoms with van der Waals surface area (Å²) in [7, 11) is 0. The predicted molar refractivity (Wildman–Crippen MR) is 59.4 cm³/mol. The van der Waals surface area contributed by atoms with E-state index in [1.165, 1.54) is 0 Å². The molecule has 0 fully saturated rings. The first-order chi connectivity index (χ1) is 8.10. The molecule has 0 amide bonds. The number of esters is 1. The third-order valence-electron chi connectivity index (χ3n) is 2.25. The van der Waals surface area contributed by atoms with Gasteiger partial charge in [0.2, 0.25) is 5.89 Å². The summed E-state index contributed by atoms with van der Waals surface area (Å²) in [5.74, 6) is -0.222. The van der Waals surface area contributed by atoms with Gasteiger partial charge in [-0.1, -0.05) is 5.16 Å². The fourth-order valence-electron chi connectivity index (χ4n) is 1.28. The van der Waals surface area contributed by atoms with Crippen LogP contribution in [-0.4, -0.2) is 29.3 Å². The molecule has 0 saturated heterocycles. The molecular weight excluding hydrogens is 224 g/mol. The molecule has 0 radical (unpaired) electrons. The van der Waals surface area contributed by atoms with Crippen LogP contribution < -0.4 is 0 Å². The molecule has 1 heterocycles. The van der Waals surface area contributed by atoms with Gasteiger partial charge in [0.05, 0.1) is 6.61 Å². The van der Waals surface area contributed by atoms with Crippen molar-refractivity contribution in [2.75, 3.05) is 13.2 Å². The lowest BCUT2D eigenvalue weighted by Crippen LogP contribution is -2.13. The summed E-state index contributed by atoms with van der Waals surface area (Å²) < 4.78 is 15.2. The summed E-state index contributed by atoms with van der Waals surface area (Å²) in [6.07, 6.45) is -0.244. The van der Waals surface area contributed by atoms with Crippen molar-refractivity contribution >= 4 is 5.97 Å². The molecule has 0 saturated carbocycles. The molecular formula is C11H18N2O4. The maximum atomic E-state index is 11.5. The zero-order chi connectivity index (χ0) is 12.8. The van der Waals surface area contributed by atoms with E-state index in [4.69, 9.17) is 14.0 Å². The van der Waals surface area contributed by atoms with Gasteiger partial charge in [0.25, 0.3) is 0 Å². The lowest BCUT2D eigenvalue weighted by molar-refractivity contribution is -0.145. The van der Waals surface area contributed by atoms with Crippen LogP contribution in [-0.2, 0) is 14.3 Å². The quantitative estimate of drug-likeness (QED) is 0.708. The minimum absolute atomic E-state index is 0.244. The molecule has 6 heteroatoms. The number of nitrogens with zero attached hydrogens (tertiary/aromatic N) is 2. The van der Waals surface area contributed by atoms with Crippen LogP contribution in [0.1, 0.15) is 51.4 Å². The lowest BCUT2D eigenvalue weighted by atomic mass is 10.2. The van der Waals surface area contributed by atoms with Gasteiger partial charge >= 0.3 is 5.97 Å². The number of rotatable bonds is 6. The SMILES string of the molecule is CCOC(=O)C(C)c1nc(C(C)OCC)no1. The Labute approximate surface area is 100 Å². The Morgan fingerprint density at radius 3 is 2.65 bits per heavy atom. The highest BCUT2D eigenvalue weighted by Crippen LogP contribution is 2.18. The summed E-state index contributed by atoms with van der Waals surface area (Å²) in [5.41, 5.74) is 0. The van der Waals surface area contributed by atoms with Crippen LogP contribution in [0.5, 0.6) is 0 Å². The number of ether oxygens (including phenoxy) is 2. The average Bonchev–Trinajstić information content (AvgIpc) is 2.78. The smallest absolute Gasteiger partial charge is 0.318 e. The van der Waals surface area contributed by atoms with Crippen molar-refractivity contribution in [1.82, 2.24) is 10.1 Å². The molecule has 6 nitrogen and oxygen atoms in total. The molecule has 0 aliphatic rings. The first-order valence-corrected chi connectivity index (χ1v) is 5.71. The number of hydrogen-bond acceptors (Lipinski definition) is 6. The molecule has 2 atom stereocenters. The molecule has 1 rings (SSSR count). The second-order valence-corrected chi connectivity index (χ2v) is 3.56. The highest BCUT2D eigenvalue weighted by Gasteiger charge is 2.24. The van der Waals surface area contributed by atoms with Gasteiger partial charge in [0.1, 0.15) is 12.0 Å². The first-order valence-electron chi connectivity index (χ1n) is 5.71. The van der Waals surface area contributed by atoms with Crippen molar-refractivity contribution in [3.8, 4) is 0 Å². The molecule has 0 spiro atoms. The molecule has 1 aromatic heterocycles. The van der Waals surface area contributed by atoms with Gasteiger partial charge < -0.3 is 14.0 Å². The van der Waals surface area contributed by atoms with E-state index in [9.17, 15) is 4.79 Å². The number of hydrogen-bond donors (Lipinski definition) is 0. The van der Waals surface area contributed by atoms with Gasteiger partial charge in [-0.3, -0.25) is 4.79 Å². The van der Waals surface area contributed by atoms with Crippen molar-refractivity contribution in [2.24, 2.45) is 0 Å². The monoisotopic (exact) mass is 242 g/mol. The van der Waals surface area contributed by atoms with Crippen molar-refractivity contribution in [1.29, 1.82) is 0 Å². The second-order valence-electron chi connectivity index (χ2n) is 3.56. The van der Waals surface area contributed by atoms with Crippen molar-refractivity contribution in [3.63, 3.8) is 0 Å².